The third kappa shape index (κ3) is 7.44. The first-order valence-electron chi connectivity index (χ1n) is 13.6. The molecule has 1 amide bonds. The molecule has 1 aliphatic heterocycles. The number of rotatable bonds is 11. The third-order valence-electron chi connectivity index (χ3n) is 7.07. The highest BCUT2D eigenvalue weighted by atomic mass is 79.9. The monoisotopic (exact) mass is 744 g/mol. The molecule has 43 heavy (non-hydrogen) atoms. The van der Waals surface area contributed by atoms with E-state index in [1.54, 1.807) is 18.2 Å². The van der Waals surface area contributed by atoms with Gasteiger partial charge in [0.25, 0.3) is 5.91 Å². The molecule has 0 radical (unpaired) electrons. The molecule has 1 aliphatic rings. The SMILES string of the molecule is O=C(NCc1ccc(Cl)cc1Cl)[C@]1(Cc2ccccc2Br)N=C(c2ccc(OCCCO)cc2)O[C@@H]1c1ccc(Br)cc1. The summed E-state index contributed by atoms with van der Waals surface area (Å²) in [5.41, 5.74) is 1.79. The first-order chi connectivity index (χ1) is 20.8. The van der Waals surface area contributed by atoms with E-state index in [9.17, 15) is 4.79 Å². The first-order valence-corrected chi connectivity index (χ1v) is 15.9. The lowest BCUT2D eigenvalue weighted by Gasteiger charge is -2.31. The van der Waals surface area contributed by atoms with Gasteiger partial charge in [-0.2, -0.15) is 0 Å². The fraction of sp³-hybridized carbons (Fsp3) is 0.212. The fourth-order valence-corrected chi connectivity index (χ4v) is 6.01. The van der Waals surface area contributed by atoms with Crippen LogP contribution in [0, 0.1) is 0 Å². The molecule has 2 atom stereocenters. The molecule has 2 N–H and O–H groups in total. The van der Waals surface area contributed by atoms with Crippen LogP contribution in [0.4, 0.5) is 0 Å². The molecule has 222 valence electrons. The number of carbonyl (C=O) groups excluding carboxylic acids is 1. The average molecular weight is 747 g/mol. The van der Waals surface area contributed by atoms with Gasteiger partial charge in [-0.15, -0.1) is 0 Å². The Morgan fingerprint density at radius 3 is 2.42 bits per heavy atom. The van der Waals surface area contributed by atoms with Crippen molar-refractivity contribution in [2.45, 2.75) is 31.0 Å². The maximum absolute atomic E-state index is 14.4. The van der Waals surface area contributed by atoms with Crippen molar-refractivity contribution < 1.29 is 19.4 Å². The second kappa shape index (κ2) is 14.3. The van der Waals surface area contributed by atoms with Gasteiger partial charge < -0.3 is 19.9 Å². The lowest BCUT2D eigenvalue weighted by Crippen LogP contribution is -2.49. The van der Waals surface area contributed by atoms with Crippen molar-refractivity contribution >= 4 is 66.9 Å². The Labute approximate surface area is 277 Å². The Morgan fingerprint density at radius 1 is 0.977 bits per heavy atom. The Bertz CT molecular complexity index is 1620. The molecular weight excluding hydrogens is 719 g/mol. The summed E-state index contributed by atoms with van der Waals surface area (Å²) in [4.78, 5) is 19.5. The van der Waals surface area contributed by atoms with Gasteiger partial charge in [0.1, 0.15) is 5.75 Å². The maximum Gasteiger partial charge on any atom is 0.252 e. The van der Waals surface area contributed by atoms with Crippen LogP contribution in [0.5, 0.6) is 5.75 Å². The van der Waals surface area contributed by atoms with Gasteiger partial charge in [0, 0.05) is 50.5 Å². The number of ether oxygens (including phenoxy) is 2. The molecule has 4 aromatic carbocycles. The molecule has 0 aliphatic carbocycles. The lowest BCUT2D eigenvalue weighted by molar-refractivity contribution is -0.129. The number of halogens is 4. The molecule has 0 fully saturated rings. The molecule has 0 unspecified atom stereocenters. The molecule has 6 nitrogen and oxygen atoms in total. The van der Waals surface area contributed by atoms with Crippen molar-refractivity contribution in [1.29, 1.82) is 0 Å². The van der Waals surface area contributed by atoms with Gasteiger partial charge in [-0.25, -0.2) is 4.99 Å². The van der Waals surface area contributed by atoms with Crippen LogP contribution in [0.3, 0.4) is 0 Å². The van der Waals surface area contributed by atoms with Crippen LogP contribution in [-0.2, 0) is 22.5 Å². The number of amides is 1. The molecule has 0 aromatic heterocycles. The standard InChI is InChI=1S/C33H28Br2Cl2N2O4/c34-25-11-6-21(7-12-25)30-33(19-23-4-1-2-5-28(23)35,32(41)38-20-24-8-13-26(36)18-29(24)37)39-31(43-30)22-9-14-27(15-10-22)42-17-3-16-40/h1-2,4-15,18,30,40H,3,16-17,19-20H2,(H,38,41)/t30-,33-/m1/s1. The quantitative estimate of drug-likeness (QED) is 0.152. The van der Waals surface area contributed by atoms with Crippen molar-refractivity contribution in [1.82, 2.24) is 5.32 Å². The lowest BCUT2D eigenvalue weighted by atomic mass is 9.82. The molecule has 0 saturated carbocycles. The summed E-state index contributed by atoms with van der Waals surface area (Å²) in [5, 5.41) is 13.1. The van der Waals surface area contributed by atoms with Gasteiger partial charge in [0.05, 0.1) is 6.61 Å². The molecule has 0 spiro atoms. The second-order valence-corrected chi connectivity index (χ2v) is 12.6. The summed E-state index contributed by atoms with van der Waals surface area (Å²) in [6.07, 6.45) is 0.0746. The molecule has 1 heterocycles. The van der Waals surface area contributed by atoms with E-state index in [-0.39, 0.29) is 25.5 Å². The normalized spacial score (nSPS) is 17.7. The average Bonchev–Trinajstić information content (AvgIpc) is 3.39. The van der Waals surface area contributed by atoms with Crippen LogP contribution in [0.2, 0.25) is 10.0 Å². The molecular formula is C33H28Br2Cl2N2O4. The van der Waals surface area contributed by atoms with Gasteiger partial charge in [0.2, 0.25) is 5.90 Å². The zero-order valence-electron chi connectivity index (χ0n) is 22.9. The molecule has 5 rings (SSSR count). The highest BCUT2D eigenvalue weighted by Crippen LogP contribution is 2.43. The fourth-order valence-electron chi connectivity index (χ4n) is 4.85. The molecule has 4 aromatic rings. The number of hydrogen-bond donors (Lipinski definition) is 2. The maximum atomic E-state index is 14.4. The van der Waals surface area contributed by atoms with E-state index in [1.165, 1.54) is 0 Å². The van der Waals surface area contributed by atoms with Crippen LogP contribution in [0.1, 0.15) is 34.8 Å². The van der Waals surface area contributed by atoms with E-state index in [0.29, 0.717) is 40.3 Å². The number of benzene rings is 4. The number of aliphatic hydroxyl groups is 1. The Hall–Kier alpha value is -2.88. The minimum Gasteiger partial charge on any atom is -0.494 e. The van der Waals surface area contributed by atoms with Crippen molar-refractivity contribution in [3.63, 3.8) is 0 Å². The van der Waals surface area contributed by atoms with Crippen LogP contribution >= 0.6 is 55.1 Å². The van der Waals surface area contributed by atoms with Crippen molar-refractivity contribution in [2.24, 2.45) is 4.99 Å². The number of carbonyl (C=O) groups is 1. The van der Waals surface area contributed by atoms with Gasteiger partial charge in [0.15, 0.2) is 11.6 Å². The smallest absolute Gasteiger partial charge is 0.252 e. The van der Waals surface area contributed by atoms with Gasteiger partial charge in [-0.1, -0.05) is 91.5 Å². The number of aliphatic imine (C=N–C) groups is 1. The summed E-state index contributed by atoms with van der Waals surface area (Å²) in [7, 11) is 0. The van der Waals surface area contributed by atoms with Gasteiger partial charge >= 0.3 is 0 Å². The van der Waals surface area contributed by atoms with Gasteiger partial charge in [-0.3, -0.25) is 4.79 Å². The van der Waals surface area contributed by atoms with Crippen molar-refractivity contribution in [3.05, 3.63) is 132 Å². The topological polar surface area (TPSA) is 80.2 Å². The molecule has 0 bridgehead atoms. The number of aliphatic hydroxyl groups excluding tert-OH is 1. The van der Waals surface area contributed by atoms with E-state index in [2.05, 4.69) is 37.2 Å². The number of hydrogen-bond acceptors (Lipinski definition) is 5. The summed E-state index contributed by atoms with van der Waals surface area (Å²) in [6, 6.07) is 28.0. The summed E-state index contributed by atoms with van der Waals surface area (Å²) >= 11 is 19.7. The third-order valence-corrected chi connectivity index (χ3v) is 8.96. The highest BCUT2D eigenvalue weighted by Gasteiger charge is 2.53. The second-order valence-electron chi connectivity index (χ2n) is 10.0. The minimum absolute atomic E-state index is 0.0616. The summed E-state index contributed by atoms with van der Waals surface area (Å²) < 4.78 is 14.1. The number of nitrogens with zero attached hydrogens (tertiary/aromatic N) is 1. The van der Waals surface area contributed by atoms with Crippen LogP contribution in [0.25, 0.3) is 0 Å². The summed E-state index contributed by atoms with van der Waals surface area (Å²) in [5.74, 6) is 0.708. The molecule has 10 heteroatoms. The van der Waals surface area contributed by atoms with Crippen molar-refractivity contribution in [2.75, 3.05) is 13.2 Å². The van der Waals surface area contributed by atoms with Crippen LogP contribution in [-0.4, -0.2) is 35.7 Å². The van der Waals surface area contributed by atoms with Gasteiger partial charge in [-0.05, 0) is 71.3 Å². The zero-order valence-corrected chi connectivity index (χ0v) is 27.6. The van der Waals surface area contributed by atoms with E-state index in [0.717, 1.165) is 25.6 Å². The van der Waals surface area contributed by atoms with Crippen molar-refractivity contribution in [3.8, 4) is 5.75 Å². The Morgan fingerprint density at radius 2 is 1.72 bits per heavy atom. The Balaban J connectivity index is 1.56. The number of nitrogens with one attached hydrogen (secondary N) is 1. The zero-order chi connectivity index (χ0) is 30.4. The summed E-state index contributed by atoms with van der Waals surface area (Å²) in [6.45, 7) is 0.655. The predicted molar refractivity (Wildman–Crippen MR) is 177 cm³/mol. The van der Waals surface area contributed by atoms with Crippen LogP contribution in [0.15, 0.2) is 105 Å². The molecule has 0 saturated heterocycles. The van der Waals surface area contributed by atoms with E-state index in [4.69, 9.17) is 42.8 Å². The van der Waals surface area contributed by atoms with E-state index in [1.807, 2.05) is 72.8 Å². The van der Waals surface area contributed by atoms with E-state index < -0.39 is 11.6 Å². The predicted octanol–water partition coefficient (Wildman–Crippen LogP) is 8.10. The minimum atomic E-state index is -1.36. The van der Waals surface area contributed by atoms with E-state index >= 15 is 0 Å². The largest absolute Gasteiger partial charge is 0.494 e. The first kappa shape index (κ1) is 31.5. The Kier molecular flexibility index (Phi) is 10.5. The highest BCUT2D eigenvalue weighted by molar-refractivity contribution is 9.10. The van der Waals surface area contributed by atoms with Crippen LogP contribution < -0.4 is 10.1 Å².